The Morgan fingerprint density at radius 2 is 2.00 bits per heavy atom. The third-order valence-electron chi connectivity index (χ3n) is 3.51. The maximum absolute atomic E-state index is 12.2. The third-order valence-corrected chi connectivity index (χ3v) is 3.51. The van der Waals surface area contributed by atoms with E-state index in [1.807, 2.05) is 52.0 Å². The first kappa shape index (κ1) is 17.0. The van der Waals surface area contributed by atoms with Crippen molar-refractivity contribution in [1.29, 1.82) is 0 Å². The Kier molecular flexibility index (Phi) is 5.76. The summed E-state index contributed by atoms with van der Waals surface area (Å²) in [5.41, 5.74) is 6.89. The predicted octanol–water partition coefficient (Wildman–Crippen LogP) is 2.40. The van der Waals surface area contributed by atoms with E-state index in [4.69, 9.17) is 5.73 Å². The van der Waals surface area contributed by atoms with Crippen molar-refractivity contribution in [3.05, 3.63) is 35.4 Å². The van der Waals surface area contributed by atoms with Crippen molar-refractivity contribution in [2.45, 2.75) is 52.1 Å². The van der Waals surface area contributed by atoms with Crippen LogP contribution in [0.15, 0.2) is 24.3 Å². The van der Waals surface area contributed by atoms with E-state index in [9.17, 15) is 9.59 Å². The van der Waals surface area contributed by atoms with Crippen molar-refractivity contribution < 1.29 is 9.59 Å². The molecule has 1 rings (SSSR count). The lowest BCUT2D eigenvalue weighted by atomic mass is 9.98. The van der Waals surface area contributed by atoms with Gasteiger partial charge in [-0.25, -0.2) is 4.79 Å². The van der Waals surface area contributed by atoms with Crippen molar-refractivity contribution >= 4 is 11.9 Å². The van der Waals surface area contributed by atoms with Gasteiger partial charge in [0.05, 0.1) is 12.5 Å². The van der Waals surface area contributed by atoms with Crippen LogP contribution in [0, 0.1) is 6.92 Å². The lowest BCUT2D eigenvalue weighted by molar-refractivity contribution is -0.123. The first-order valence-electron chi connectivity index (χ1n) is 7.17. The van der Waals surface area contributed by atoms with Crippen LogP contribution in [0.3, 0.4) is 0 Å². The van der Waals surface area contributed by atoms with E-state index in [0.29, 0.717) is 0 Å². The second kappa shape index (κ2) is 7.11. The molecule has 1 aromatic carbocycles. The molecule has 0 aliphatic carbocycles. The van der Waals surface area contributed by atoms with Crippen LogP contribution in [0.4, 0.5) is 4.79 Å². The monoisotopic (exact) mass is 291 g/mol. The van der Waals surface area contributed by atoms with Gasteiger partial charge in [-0.2, -0.15) is 0 Å². The van der Waals surface area contributed by atoms with Crippen molar-refractivity contribution in [2.75, 3.05) is 0 Å². The molecule has 21 heavy (non-hydrogen) atoms. The highest BCUT2D eigenvalue weighted by molar-refractivity contribution is 5.79. The predicted molar refractivity (Wildman–Crippen MR) is 83.8 cm³/mol. The molecule has 5 heteroatoms. The minimum atomic E-state index is -0.635. The number of benzene rings is 1. The van der Waals surface area contributed by atoms with Crippen molar-refractivity contribution in [3.63, 3.8) is 0 Å². The number of rotatable bonds is 6. The van der Waals surface area contributed by atoms with Gasteiger partial charge in [0.2, 0.25) is 5.91 Å². The zero-order chi connectivity index (χ0) is 16.0. The number of hydrogen-bond donors (Lipinski definition) is 3. The Labute approximate surface area is 126 Å². The average Bonchev–Trinajstić information content (AvgIpc) is 2.36. The number of primary amides is 1. The van der Waals surface area contributed by atoms with Gasteiger partial charge in [-0.1, -0.05) is 36.8 Å². The molecule has 0 saturated heterocycles. The Morgan fingerprint density at radius 3 is 2.52 bits per heavy atom. The van der Waals surface area contributed by atoms with E-state index in [0.717, 1.165) is 17.5 Å². The topological polar surface area (TPSA) is 84.2 Å². The van der Waals surface area contributed by atoms with Gasteiger partial charge in [-0.15, -0.1) is 0 Å². The van der Waals surface area contributed by atoms with Gasteiger partial charge in [0.1, 0.15) is 0 Å². The molecule has 0 bridgehead atoms. The minimum Gasteiger partial charge on any atom is -0.352 e. The Hall–Kier alpha value is -2.04. The van der Waals surface area contributed by atoms with E-state index in [2.05, 4.69) is 10.6 Å². The zero-order valence-corrected chi connectivity index (χ0v) is 13.2. The lowest BCUT2D eigenvalue weighted by Gasteiger charge is -2.26. The van der Waals surface area contributed by atoms with Crippen LogP contribution in [0.1, 0.15) is 50.8 Å². The first-order chi connectivity index (χ1) is 9.73. The SMILES string of the molecule is CCC(C)(C)NC(=O)CC(NC(N)=O)c1cccc(C)c1. The molecule has 0 fully saturated rings. The largest absolute Gasteiger partial charge is 0.352 e. The number of nitrogens with one attached hydrogen (secondary N) is 2. The fraction of sp³-hybridized carbons (Fsp3) is 0.500. The Bertz CT molecular complexity index is 512. The standard InChI is InChI=1S/C16H25N3O2/c1-5-16(3,4)19-14(20)10-13(18-15(17)21)12-8-6-7-11(2)9-12/h6-9,13H,5,10H2,1-4H3,(H,19,20)(H3,17,18,21). The molecule has 0 aliphatic heterocycles. The van der Waals surface area contributed by atoms with Crippen LogP contribution in [0.5, 0.6) is 0 Å². The smallest absolute Gasteiger partial charge is 0.312 e. The van der Waals surface area contributed by atoms with Gasteiger partial charge >= 0.3 is 6.03 Å². The lowest BCUT2D eigenvalue weighted by Crippen LogP contribution is -2.44. The number of carbonyl (C=O) groups excluding carboxylic acids is 2. The molecule has 116 valence electrons. The molecule has 0 heterocycles. The molecule has 0 radical (unpaired) electrons. The summed E-state index contributed by atoms with van der Waals surface area (Å²) in [4.78, 5) is 23.3. The molecule has 0 aliphatic rings. The van der Waals surface area contributed by atoms with Crippen LogP contribution in [-0.2, 0) is 4.79 Å². The van der Waals surface area contributed by atoms with Gasteiger partial charge < -0.3 is 16.4 Å². The molecule has 1 unspecified atom stereocenters. The summed E-state index contributed by atoms with van der Waals surface area (Å²) in [5, 5.41) is 5.60. The molecular formula is C16H25N3O2. The van der Waals surface area contributed by atoms with Crippen LogP contribution in [0.2, 0.25) is 0 Å². The summed E-state index contributed by atoms with van der Waals surface area (Å²) in [6.07, 6.45) is 0.993. The molecule has 1 atom stereocenters. The number of amides is 3. The number of nitrogens with two attached hydrogens (primary N) is 1. The van der Waals surface area contributed by atoms with E-state index < -0.39 is 12.1 Å². The van der Waals surface area contributed by atoms with E-state index in [-0.39, 0.29) is 17.9 Å². The number of aryl methyl sites for hydroxylation is 1. The minimum absolute atomic E-state index is 0.109. The van der Waals surface area contributed by atoms with Crippen LogP contribution < -0.4 is 16.4 Å². The van der Waals surface area contributed by atoms with Crippen LogP contribution >= 0.6 is 0 Å². The quantitative estimate of drug-likeness (QED) is 0.752. The summed E-state index contributed by atoms with van der Waals surface area (Å²) in [6.45, 7) is 7.91. The average molecular weight is 291 g/mol. The first-order valence-corrected chi connectivity index (χ1v) is 7.17. The van der Waals surface area contributed by atoms with Gasteiger partial charge in [0.25, 0.3) is 0 Å². The Morgan fingerprint density at radius 1 is 1.33 bits per heavy atom. The van der Waals surface area contributed by atoms with Gasteiger partial charge in [0, 0.05) is 5.54 Å². The molecule has 4 N–H and O–H groups in total. The van der Waals surface area contributed by atoms with Crippen molar-refractivity contribution in [3.8, 4) is 0 Å². The summed E-state index contributed by atoms with van der Waals surface area (Å²) < 4.78 is 0. The summed E-state index contributed by atoms with van der Waals surface area (Å²) in [7, 11) is 0. The number of carbonyl (C=O) groups is 2. The second-order valence-electron chi connectivity index (χ2n) is 5.97. The normalized spacial score (nSPS) is 12.6. The molecule has 5 nitrogen and oxygen atoms in total. The Balaban J connectivity index is 2.84. The summed E-state index contributed by atoms with van der Waals surface area (Å²) in [6, 6.07) is 6.63. The molecule has 0 aromatic heterocycles. The molecule has 1 aromatic rings. The number of hydrogen-bond acceptors (Lipinski definition) is 2. The van der Waals surface area contributed by atoms with E-state index in [1.54, 1.807) is 0 Å². The fourth-order valence-corrected chi connectivity index (χ4v) is 2.01. The maximum Gasteiger partial charge on any atom is 0.312 e. The van der Waals surface area contributed by atoms with E-state index in [1.165, 1.54) is 0 Å². The summed E-state index contributed by atoms with van der Waals surface area (Å²) in [5.74, 6) is -0.109. The highest BCUT2D eigenvalue weighted by atomic mass is 16.2. The highest BCUT2D eigenvalue weighted by Gasteiger charge is 2.22. The molecule has 0 saturated carbocycles. The fourth-order valence-electron chi connectivity index (χ4n) is 2.01. The van der Waals surface area contributed by atoms with Gasteiger partial charge in [-0.05, 0) is 32.8 Å². The zero-order valence-electron chi connectivity index (χ0n) is 13.2. The summed E-state index contributed by atoms with van der Waals surface area (Å²) >= 11 is 0. The van der Waals surface area contributed by atoms with Crippen molar-refractivity contribution in [2.24, 2.45) is 5.73 Å². The third kappa shape index (κ3) is 5.85. The van der Waals surface area contributed by atoms with Gasteiger partial charge in [-0.3, -0.25) is 4.79 Å². The molecule has 0 spiro atoms. The number of urea groups is 1. The molecule has 3 amide bonds. The van der Waals surface area contributed by atoms with Crippen LogP contribution in [0.25, 0.3) is 0 Å². The second-order valence-corrected chi connectivity index (χ2v) is 5.97. The maximum atomic E-state index is 12.2. The van der Waals surface area contributed by atoms with E-state index >= 15 is 0 Å². The van der Waals surface area contributed by atoms with Crippen molar-refractivity contribution in [1.82, 2.24) is 10.6 Å². The molecular weight excluding hydrogens is 266 g/mol. The highest BCUT2D eigenvalue weighted by Crippen LogP contribution is 2.19. The van der Waals surface area contributed by atoms with Gasteiger partial charge in [0.15, 0.2) is 0 Å². The van der Waals surface area contributed by atoms with Crippen LogP contribution in [-0.4, -0.2) is 17.5 Å².